The molecule has 0 spiro atoms. The zero-order chi connectivity index (χ0) is 16.8. The molecule has 0 atom stereocenters. The molecule has 23 heavy (non-hydrogen) atoms. The topological polar surface area (TPSA) is 43.4 Å². The van der Waals surface area contributed by atoms with E-state index in [0.717, 1.165) is 12.8 Å². The zero-order valence-corrected chi connectivity index (χ0v) is 14.4. The van der Waals surface area contributed by atoms with Gasteiger partial charge in [-0.25, -0.2) is 4.79 Å². The summed E-state index contributed by atoms with van der Waals surface area (Å²) < 4.78 is 5.12. The van der Waals surface area contributed by atoms with E-state index < -0.39 is 0 Å². The average molecular weight is 318 g/mol. The van der Waals surface area contributed by atoms with Crippen molar-refractivity contribution in [2.75, 3.05) is 6.61 Å². The van der Waals surface area contributed by atoms with Gasteiger partial charge in [0.15, 0.2) is 0 Å². The molecule has 1 rings (SSSR count). The molecule has 1 aromatic carbocycles. The fraction of sp³-hybridized carbons (Fsp3) is 0.600. The molecule has 0 aliphatic carbocycles. The van der Waals surface area contributed by atoms with Crippen molar-refractivity contribution in [1.29, 1.82) is 0 Å². The van der Waals surface area contributed by atoms with Crippen molar-refractivity contribution in [3.63, 3.8) is 0 Å². The minimum atomic E-state index is -0.356. The standard InChI is InChI=1S/C20H30O3/c1-2-3-4-5-6-7-8-12-15-19(21)16-17-23-20(22)18-13-10-9-11-14-18/h9-11,13-14H,2-8,12,15-17H2,1H3. The minimum Gasteiger partial charge on any atom is -0.462 e. The summed E-state index contributed by atoms with van der Waals surface area (Å²) in [5.41, 5.74) is 0.531. The Bertz CT molecular complexity index is 439. The van der Waals surface area contributed by atoms with Gasteiger partial charge in [0.25, 0.3) is 0 Å². The summed E-state index contributed by atoms with van der Waals surface area (Å²) in [5.74, 6) is -0.165. The van der Waals surface area contributed by atoms with E-state index in [9.17, 15) is 9.59 Å². The van der Waals surface area contributed by atoms with E-state index in [0.29, 0.717) is 18.4 Å². The van der Waals surface area contributed by atoms with Crippen LogP contribution < -0.4 is 0 Å². The Hall–Kier alpha value is -1.64. The van der Waals surface area contributed by atoms with E-state index >= 15 is 0 Å². The molecule has 0 radical (unpaired) electrons. The van der Waals surface area contributed by atoms with Crippen molar-refractivity contribution in [3.05, 3.63) is 35.9 Å². The molecule has 0 unspecified atom stereocenters. The molecule has 0 aliphatic heterocycles. The molecule has 128 valence electrons. The molecule has 0 saturated carbocycles. The van der Waals surface area contributed by atoms with Crippen molar-refractivity contribution in [1.82, 2.24) is 0 Å². The van der Waals surface area contributed by atoms with Gasteiger partial charge >= 0.3 is 5.97 Å². The number of carbonyl (C=O) groups is 2. The smallest absolute Gasteiger partial charge is 0.338 e. The van der Waals surface area contributed by atoms with Crippen LogP contribution in [0.25, 0.3) is 0 Å². The van der Waals surface area contributed by atoms with Crippen LogP contribution in [0.3, 0.4) is 0 Å². The number of hydrogen-bond donors (Lipinski definition) is 0. The first-order chi connectivity index (χ1) is 11.2. The van der Waals surface area contributed by atoms with Crippen LogP contribution in [0.15, 0.2) is 30.3 Å². The van der Waals surface area contributed by atoms with Gasteiger partial charge in [-0.2, -0.15) is 0 Å². The van der Waals surface area contributed by atoms with Gasteiger partial charge in [-0.3, -0.25) is 4.79 Å². The summed E-state index contributed by atoms with van der Waals surface area (Å²) >= 11 is 0. The molecule has 1 aromatic rings. The van der Waals surface area contributed by atoms with Gasteiger partial charge in [0, 0.05) is 12.8 Å². The third-order valence-corrected chi connectivity index (χ3v) is 3.93. The van der Waals surface area contributed by atoms with E-state index in [2.05, 4.69) is 6.92 Å². The molecule has 0 saturated heterocycles. The van der Waals surface area contributed by atoms with Gasteiger partial charge in [0.1, 0.15) is 5.78 Å². The normalized spacial score (nSPS) is 10.5. The number of Topliss-reactive ketones (excluding diaryl/α,β-unsaturated/α-hetero) is 1. The Morgan fingerprint density at radius 2 is 1.43 bits per heavy atom. The first-order valence-electron chi connectivity index (χ1n) is 8.98. The van der Waals surface area contributed by atoms with Gasteiger partial charge in [-0.1, -0.05) is 70.1 Å². The lowest BCUT2D eigenvalue weighted by atomic mass is 10.1. The Balaban J connectivity index is 1.97. The van der Waals surface area contributed by atoms with Crippen LogP contribution in [0.4, 0.5) is 0 Å². The van der Waals surface area contributed by atoms with Gasteiger partial charge in [-0.05, 0) is 18.6 Å². The van der Waals surface area contributed by atoms with E-state index in [1.54, 1.807) is 24.3 Å². The van der Waals surface area contributed by atoms with Crippen LogP contribution >= 0.6 is 0 Å². The summed E-state index contributed by atoms with van der Waals surface area (Å²) in [5, 5.41) is 0. The maximum atomic E-state index is 11.7. The second kappa shape index (κ2) is 12.9. The van der Waals surface area contributed by atoms with Crippen LogP contribution in [0.1, 0.15) is 81.5 Å². The highest BCUT2D eigenvalue weighted by atomic mass is 16.5. The number of benzene rings is 1. The summed E-state index contributed by atoms with van der Waals surface area (Å²) in [4.78, 5) is 23.4. The van der Waals surface area contributed by atoms with Gasteiger partial charge in [-0.15, -0.1) is 0 Å². The van der Waals surface area contributed by atoms with E-state index in [-0.39, 0.29) is 18.4 Å². The molecule has 0 aromatic heterocycles. The summed E-state index contributed by atoms with van der Waals surface area (Å²) in [7, 11) is 0. The number of carbonyl (C=O) groups excluding carboxylic acids is 2. The van der Waals surface area contributed by atoms with Crippen LogP contribution in [0, 0.1) is 0 Å². The molecule has 0 fully saturated rings. The maximum Gasteiger partial charge on any atom is 0.338 e. The fourth-order valence-corrected chi connectivity index (χ4v) is 2.50. The predicted octanol–water partition coefficient (Wildman–Crippen LogP) is 5.33. The summed E-state index contributed by atoms with van der Waals surface area (Å²) in [6.07, 6.45) is 10.8. The molecule has 0 bridgehead atoms. The largest absolute Gasteiger partial charge is 0.462 e. The number of rotatable bonds is 13. The maximum absolute atomic E-state index is 11.7. The highest BCUT2D eigenvalue weighted by Gasteiger charge is 2.07. The minimum absolute atomic E-state index is 0.184. The number of unbranched alkanes of at least 4 members (excludes halogenated alkanes) is 7. The van der Waals surface area contributed by atoms with Crippen molar-refractivity contribution in [3.8, 4) is 0 Å². The van der Waals surface area contributed by atoms with Crippen molar-refractivity contribution < 1.29 is 14.3 Å². The first-order valence-corrected chi connectivity index (χ1v) is 8.98. The van der Waals surface area contributed by atoms with Crippen LogP contribution in [-0.2, 0) is 9.53 Å². The molecular formula is C20H30O3. The highest BCUT2D eigenvalue weighted by Crippen LogP contribution is 2.10. The Kier molecular flexibility index (Phi) is 10.9. The molecule has 0 N–H and O–H groups in total. The van der Waals surface area contributed by atoms with E-state index in [1.165, 1.54) is 38.5 Å². The molecule has 3 heteroatoms. The quantitative estimate of drug-likeness (QED) is 0.364. The lowest BCUT2D eigenvalue weighted by Crippen LogP contribution is -2.10. The van der Waals surface area contributed by atoms with E-state index in [4.69, 9.17) is 4.74 Å². The molecule has 0 amide bonds. The molecule has 0 aliphatic rings. The summed E-state index contributed by atoms with van der Waals surface area (Å²) in [6, 6.07) is 8.87. The number of ketones is 1. The lowest BCUT2D eigenvalue weighted by Gasteiger charge is -2.05. The Labute approximate surface area is 140 Å². The molecule has 0 heterocycles. The molecule has 3 nitrogen and oxygen atoms in total. The van der Waals surface area contributed by atoms with Gasteiger partial charge < -0.3 is 4.74 Å². The van der Waals surface area contributed by atoms with Gasteiger partial charge in [0.05, 0.1) is 12.2 Å². The predicted molar refractivity (Wildman–Crippen MR) is 93.6 cm³/mol. The first kappa shape index (κ1) is 19.4. The number of esters is 1. The Morgan fingerprint density at radius 3 is 2.09 bits per heavy atom. The monoisotopic (exact) mass is 318 g/mol. The lowest BCUT2D eigenvalue weighted by molar-refractivity contribution is -0.119. The summed E-state index contributed by atoms with van der Waals surface area (Å²) in [6.45, 7) is 2.41. The Morgan fingerprint density at radius 1 is 0.826 bits per heavy atom. The number of hydrogen-bond acceptors (Lipinski definition) is 3. The fourth-order valence-electron chi connectivity index (χ4n) is 2.50. The van der Waals surface area contributed by atoms with Crippen LogP contribution in [0.5, 0.6) is 0 Å². The van der Waals surface area contributed by atoms with Crippen LogP contribution in [0.2, 0.25) is 0 Å². The average Bonchev–Trinajstić information content (AvgIpc) is 2.58. The number of ether oxygens (including phenoxy) is 1. The van der Waals surface area contributed by atoms with Crippen molar-refractivity contribution >= 4 is 11.8 Å². The third-order valence-electron chi connectivity index (χ3n) is 3.93. The van der Waals surface area contributed by atoms with Crippen LogP contribution in [-0.4, -0.2) is 18.4 Å². The van der Waals surface area contributed by atoms with Gasteiger partial charge in [0.2, 0.25) is 0 Å². The zero-order valence-electron chi connectivity index (χ0n) is 14.4. The third kappa shape index (κ3) is 9.88. The highest BCUT2D eigenvalue weighted by molar-refractivity contribution is 5.89. The second-order valence-electron chi connectivity index (χ2n) is 6.02. The SMILES string of the molecule is CCCCCCCCCCC(=O)CCOC(=O)c1ccccc1. The van der Waals surface area contributed by atoms with Crippen molar-refractivity contribution in [2.24, 2.45) is 0 Å². The second-order valence-corrected chi connectivity index (χ2v) is 6.02. The van der Waals surface area contributed by atoms with Crippen molar-refractivity contribution in [2.45, 2.75) is 71.1 Å². The van der Waals surface area contributed by atoms with E-state index in [1.807, 2.05) is 6.07 Å². The molecular weight excluding hydrogens is 288 g/mol.